The molecular weight excluding hydrogens is 240 g/mol. The van der Waals surface area contributed by atoms with Crippen LogP contribution in [-0.2, 0) is 13.5 Å². The number of aromatic nitrogens is 5. The van der Waals surface area contributed by atoms with Crippen molar-refractivity contribution in [2.24, 2.45) is 12.8 Å². The zero-order valence-corrected chi connectivity index (χ0v) is 12.3. The van der Waals surface area contributed by atoms with Crippen LogP contribution in [0.15, 0.2) is 0 Å². The number of hydrogen-bond donors (Lipinski definition) is 1. The van der Waals surface area contributed by atoms with Crippen molar-refractivity contribution < 1.29 is 0 Å². The minimum absolute atomic E-state index is 0.145. The molecule has 19 heavy (non-hydrogen) atoms. The summed E-state index contributed by atoms with van der Waals surface area (Å²) in [7, 11) is 1.93. The Kier molecular flexibility index (Phi) is 3.71. The highest BCUT2D eigenvalue weighted by atomic mass is 15.4. The van der Waals surface area contributed by atoms with E-state index in [4.69, 9.17) is 5.73 Å². The van der Waals surface area contributed by atoms with Gasteiger partial charge >= 0.3 is 0 Å². The SMILES string of the molecule is CCC(N)Cc1c(C)nn(C)c1-n1nc(C)nc1C. The zero-order valence-electron chi connectivity index (χ0n) is 12.3. The molecular formula is C13H22N6. The monoisotopic (exact) mass is 262 g/mol. The van der Waals surface area contributed by atoms with Crippen LogP contribution in [0.4, 0.5) is 0 Å². The van der Waals surface area contributed by atoms with E-state index in [9.17, 15) is 0 Å². The van der Waals surface area contributed by atoms with Crippen LogP contribution in [0.3, 0.4) is 0 Å². The Bertz CT molecular complexity index is 580. The third-order valence-electron chi connectivity index (χ3n) is 3.38. The normalized spacial score (nSPS) is 12.9. The molecule has 0 saturated heterocycles. The molecule has 0 saturated carbocycles. The topological polar surface area (TPSA) is 74.5 Å². The van der Waals surface area contributed by atoms with Gasteiger partial charge in [-0.3, -0.25) is 4.68 Å². The Labute approximate surface area is 113 Å². The second kappa shape index (κ2) is 5.13. The first-order valence-corrected chi connectivity index (χ1v) is 6.62. The Balaban J connectivity index is 2.53. The summed E-state index contributed by atoms with van der Waals surface area (Å²) >= 11 is 0. The molecule has 0 radical (unpaired) electrons. The maximum absolute atomic E-state index is 6.09. The lowest BCUT2D eigenvalue weighted by atomic mass is 10.0. The summed E-state index contributed by atoms with van der Waals surface area (Å²) in [5, 5.41) is 8.95. The van der Waals surface area contributed by atoms with E-state index in [2.05, 4.69) is 22.1 Å². The lowest BCUT2D eigenvalue weighted by molar-refractivity contribution is 0.633. The van der Waals surface area contributed by atoms with Crippen LogP contribution in [0.1, 0.15) is 36.3 Å². The minimum atomic E-state index is 0.145. The summed E-state index contributed by atoms with van der Waals surface area (Å²) in [5.74, 6) is 2.61. The third kappa shape index (κ3) is 2.53. The van der Waals surface area contributed by atoms with E-state index in [1.165, 1.54) is 0 Å². The first-order chi connectivity index (χ1) is 8.93. The molecule has 0 aromatic carbocycles. The number of nitrogens with two attached hydrogens (primary N) is 1. The van der Waals surface area contributed by atoms with E-state index in [1.807, 2.05) is 37.2 Å². The summed E-state index contributed by atoms with van der Waals surface area (Å²) in [6.07, 6.45) is 1.76. The molecule has 0 amide bonds. The third-order valence-corrected chi connectivity index (χ3v) is 3.38. The largest absolute Gasteiger partial charge is 0.327 e. The van der Waals surface area contributed by atoms with Gasteiger partial charge in [0.2, 0.25) is 0 Å². The van der Waals surface area contributed by atoms with E-state index in [-0.39, 0.29) is 6.04 Å². The van der Waals surface area contributed by atoms with E-state index < -0.39 is 0 Å². The lowest BCUT2D eigenvalue weighted by Crippen LogP contribution is -2.23. The smallest absolute Gasteiger partial charge is 0.157 e. The molecule has 1 atom stereocenters. The molecule has 104 valence electrons. The van der Waals surface area contributed by atoms with Crippen LogP contribution in [-0.4, -0.2) is 30.6 Å². The average Bonchev–Trinajstić information content (AvgIpc) is 2.79. The van der Waals surface area contributed by atoms with E-state index >= 15 is 0 Å². The molecule has 2 rings (SSSR count). The van der Waals surface area contributed by atoms with Gasteiger partial charge in [-0.05, 0) is 33.6 Å². The summed E-state index contributed by atoms with van der Waals surface area (Å²) in [6, 6.07) is 0.145. The summed E-state index contributed by atoms with van der Waals surface area (Å²) in [6.45, 7) is 7.96. The Hall–Kier alpha value is -1.69. The molecule has 2 aromatic rings. The van der Waals surface area contributed by atoms with Crippen LogP contribution >= 0.6 is 0 Å². The molecule has 6 nitrogen and oxygen atoms in total. The molecule has 2 aromatic heterocycles. The summed E-state index contributed by atoms with van der Waals surface area (Å²) in [5.41, 5.74) is 8.26. The maximum atomic E-state index is 6.09. The fourth-order valence-corrected chi connectivity index (χ4v) is 2.32. The summed E-state index contributed by atoms with van der Waals surface area (Å²) < 4.78 is 3.71. The number of aryl methyl sites for hydroxylation is 4. The molecule has 0 bridgehead atoms. The molecule has 1 unspecified atom stereocenters. The van der Waals surface area contributed by atoms with Crippen molar-refractivity contribution >= 4 is 0 Å². The quantitative estimate of drug-likeness (QED) is 0.898. The van der Waals surface area contributed by atoms with Crippen molar-refractivity contribution in [1.29, 1.82) is 0 Å². The molecule has 6 heteroatoms. The Morgan fingerprint density at radius 3 is 2.42 bits per heavy atom. The van der Waals surface area contributed by atoms with Crippen molar-refractivity contribution in [2.75, 3.05) is 0 Å². The van der Waals surface area contributed by atoms with Gasteiger partial charge in [0, 0.05) is 18.7 Å². The highest BCUT2D eigenvalue weighted by molar-refractivity contribution is 5.38. The fraction of sp³-hybridized carbons (Fsp3) is 0.615. The molecule has 2 N–H and O–H groups in total. The first kappa shape index (κ1) is 13.7. The van der Waals surface area contributed by atoms with E-state index in [0.717, 1.165) is 41.6 Å². The number of nitrogens with zero attached hydrogens (tertiary/aromatic N) is 5. The average molecular weight is 262 g/mol. The van der Waals surface area contributed by atoms with Crippen molar-refractivity contribution in [3.05, 3.63) is 22.9 Å². The van der Waals surface area contributed by atoms with Gasteiger partial charge in [-0.15, -0.1) is 5.10 Å². The van der Waals surface area contributed by atoms with Gasteiger partial charge in [-0.1, -0.05) is 6.92 Å². The molecule has 0 aliphatic carbocycles. The fourth-order valence-electron chi connectivity index (χ4n) is 2.32. The van der Waals surface area contributed by atoms with Gasteiger partial charge < -0.3 is 5.73 Å². The van der Waals surface area contributed by atoms with Crippen LogP contribution in [0, 0.1) is 20.8 Å². The van der Waals surface area contributed by atoms with Crippen LogP contribution in [0.5, 0.6) is 0 Å². The highest BCUT2D eigenvalue weighted by Crippen LogP contribution is 2.20. The van der Waals surface area contributed by atoms with Crippen LogP contribution in [0.2, 0.25) is 0 Å². The van der Waals surface area contributed by atoms with Gasteiger partial charge in [-0.25, -0.2) is 4.98 Å². The van der Waals surface area contributed by atoms with Gasteiger partial charge in [0.25, 0.3) is 0 Å². The first-order valence-electron chi connectivity index (χ1n) is 6.62. The molecule has 0 spiro atoms. The predicted molar refractivity (Wildman–Crippen MR) is 74.3 cm³/mol. The molecule has 0 aliphatic rings. The van der Waals surface area contributed by atoms with Gasteiger partial charge in [-0.2, -0.15) is 9.78 Å². The molecule has 0 fully saturated rings. The minimum Gasteiger partial charge on any atom is -0.327 e. The van der Waals surface area contributed by atoms with Crippen LogP contribution in [0.25, 0.3) is 5.82 Å². The number of hydrogen-bond acceptors (Lipinski definition) is 4. The zero-order chi connectivity index (χ0) is 14.2. The van der Waals surface area contributed by atoms with Gasteiger partial charge in [0.05, 0.1) is 5.69 Å². The van der Waals surface area contributed by atoms with Crippen molar-refractivity contribution in [3.63, 3.8) is 0 Å². The maximum Gasteiger partial charge on any atom is 0.157 e. The van der Waals surface area contributed by atoms with E-state index in [0.29, 0.717) is 0 Å². The van der Waals surface area contributed by atoms with Crippen LogP contribution < -0.4 is 5.73 Å². The lowest BCUT2D eigenvalue weighted by Gasteiger charge is -2.11. The standard InChI is InChI=1S/C13H22N6/c1-6-11(14)7-12-8(2)16-18(5)13(12)19-10(4)15-9(3)17-19/h11H,6-7,14H2,1-5H3. The molecule has 2 heterocycles. The van der Waals surface area contributed by atoms with Gasteiger partial charge in [0.1, 0.15) is 11.6 Å². The second-order valence-electron chi connectivity index (χ2n) is 5.00. The van der Waals surface area contributed by atoms with Crippen molar-refractivity contribution in [1.82, 2.24) is 24.5 Å². The van der Waals surface area contributed by atoms with Crippen molar-refractivity contribution in [2.45, 2.75) is 46.6 Å². The van der Waals surface area contributed by atoms with Gasteiger partial charge in [0.15, 0.2) is 5.82 Å². The Morgan fingerprint density at radius 1 is 1.21 bits per heavy atom. The summed E-state index contributed by atoms with van der Waals surface area (Å²) in [4.78, 5) is 4.36. The highest BCUT2D eigenvalue weighted by Gasteiger charge is 2.19. The van der Waals surface area contributed by atoms with Crippen molar-refractivity contribution in [3.8, 4) is 5.82 Å². The predicted octanol–water partition coefficient (Wildman–Crippen LogP) is 1.21. The van der Waals surface area contributed by atoms with E-state index in [1.54, 1.807) is 0 Å². The second-order valence-corrected chi connectivity index (χ2v) is 5.00. The number of rotatable bonds is 4. The molecule has 0 aliphatic heterocycles. The Morgan fingerprint density at radius 2 is 1.89 bits per heavy atom.